The summed E-state index contributed by atoms with van der Waals surface area (Å²) in [4.78, 5) is 13.9. The second kappa shape index (κ2) is 4.77. The van der Waals surface area contributed by atoms with Crippen LogP contribution in [-0.4, -0.2) is 6.08 Å². The van der Waals surface area contributed by atoms with Crippen LogP contribution in [0.25, 0.3) is 11.1 Å². The number of isocyanates is 1. The Balaban J connectivity index is 2.48. The van der Waals surface area contributed by atoms with Crippen molar-refractivity contribution >= 4 is 11.8 Å². The highest BCUT2D eigenvalue weighted by molar-refractivity contribution is 5.68. The van der Waals surface area contributed by atoms with Gasteiger partial charge in [0.05, 0.1) is 5.69 Å². The quantitative estimate of drug-likeness (QED) is 0.560. The van der Waals surface area contributed by atoms with Gasteiger partial charge in [-0.25, -0.2) is 4.79 Å². The Bertz CT molecular complexity index is 596. The second-order valence-corrected chi connectivity index (χ2v) is 4.07. The highest BCUT2D eigenvalue weighted by Crippen LogP contribution is 2.26. The number of hydrogen-bond acceptors (Lipinski definition) is 2. The van der Waals surface area contributed by atoms with Gasteiger partial charge >= 0.3 is 0 Å². The highest BCUT2D eigenvalue weighted by atomic mass is 16.1. The molecule has 0 bridgehead atoms. The maximum Gasteiger partial charge on any atom is 0.240 e. The van der Waals surface area contributed by atoms with Gasteiger partial charge in [0.1, 0.15) is 0 Å². The number of carbonyl (C=O) groups excluding carboxylic acids is 1. The molecule has 0 unspecified atom stereocenters. The zero-order chi connectivity index (χ0) is 12.3. The number of aryl methyl sites for hydroxylation is 2. The standard InChI is InChI=1S/C15H13NO/c1-11-4-3-5-13(8-11)14-6-7-15(16-10-17)12(2)9-14/h3-9H,1-2H3. The molecule has 2 aromatic carbocycles. The summed E-state index contributed by atoms with van der Waals surface area (Å²) in [6.07, 6.45) is 1.57. The molecular formula is C15H13NO. The molecule has 0 saturated heterocycles. The minimum Gasteiger partial charge on any atom is -0.211 e. The fourth-order valence-corrected chi connectivity index (χ4v) is 1.83. The van der Waals surface area contributed by atoms with Crippen LogP contribution in [0.2, 0.25) is 0 Å². The summed E-state index contributed by atoms with van der Waals surface area (Å²) in [6, 6.07) is 14.2. The van der Waals surface area contributed by atoms with Crippen molar-refractivity contribution < 1.29 is 4.79 Å². The molecule has 0 radical (unpaired) electrons. The van der Waals surface area contributed by atoms with Crippen LogP contribution in [-0.2, 0) is 4.79 Å². The average Bonchev–Trinajstić information content (AvgIpc) is 2.32. The number of aliphatic imine (C=N–C) groups is 1. The molecule has 0 aromatic heterocycles. The first kappa shape index (κ1) is 11.3. The van der Waals surface area contributed by atoms with Crippen LogP contribution >= 0.6 is 0 Å². The van der Waals surface area contributed by atoms with Crippen molar-refractivity contribution in [3.8, 4) is 11.1 Å². The van der Waals surface area contributed by atoms with E-state index in [1.54, 1.807) is 6.08 Å². The SMILES string of the molecule is Cc1cccc(-c2ccc(N=C=O)c(C)c2)c1. The van der Waals surface area contributed by atoms with Gasteiger partial charge in [0.2, 0.25) is 6.08 Å². The normalized spacial score (nSPS) is 9.76. The molecule has 2 heteroatoms. The lowest BCUT2D eigenvalue weighted by molar-refractivity contribution is 0.565. The summed E-state index contributed by atoms with van der Waals surface area (Å²) in [5, 5.41) is 0. The van der Waals surface area contributed by atoms with Crippen molar-refractivity contribution in [1.82, 2.24) is 0 Å². The zero-order valence-electron chi connectivity index (χ0n) is 9.90. The number of benzene rings is 2. The van der Waals surface area contributed by atoms with Gasteiger partial charge in [-0.05, 0) is 42.7 Å². The molecule has 2 nitrogen and oxygen atoms in total. The van der Waals surface area contributed by atoms with E-state index in [-0.39, 0.29) is 0 Å². The fraction of sp³-hybridized carbons (Fsp3) is 0.133. The maximum absolute atomic E-state index is 10.2. The molecule has 2 rings (SSSR count). The second-order valence-electron chi connectivity index (χ2n) is 4.07. The first-order valence-electron chi connectivity index (χ1n) is 5.46. The first-order valence-corrected chi connectivity index (χ1v) is 5.46. The summed E-state index contributed by atoms with van der Waals surface area (Å²) in [7, 11) is 0. The summed E-state index contributed by atoms with van der Waals surface area (Å²) >= 11 is 0. The van der Waals surface area contributed by atoms with Crippen molar-refractivity contribution in [3.05, 3.63) is 53.6 Å². The molecule has 0 aliphatic rings. The summed E-state index contributed by atoms with van der Waals surface area (Å²) in [6.45, 7) is 4.01. The Hall–Kier alpha value is -2.18. The van der Waals surface area contributed by atoms with Crippen LogP contribution in [0.4, 0.5) is 5.69 Å². The van der Waals surface area contributed by atoms with Crippen LogP contribution in [0, 0.1) is 13.8 Å². The van der Waals surface area contributed by atoms with Gasteiger partial charge in [0.15, 0.2) is 0 Å². The van der Waals surface area contributed by atoms with Gasteiger partial charge in [-0.3, -0.25) is 0 Å². The van der Waals surface area contributed by atoms with E-state index in [1.165, 1.54) is 11.1 Å². The minimum absolute atomic E-state index is 0.677. The lowest BCUT2D eigenvalue weighted by Gasteiger charge is -2.05. The fourth-order valence-electron chi connectivity index (χ4n) is 1.83. The van der Waals surface area contributed by atoms with Crippen molar-refractivity contribution in [1.29, 1.82) is 0 Å². The minimum atomic E-state index is 0.677. The maximum atomic E-state index is 10.2. The van der Waals surface area contributed by atoms with Gasteiger partial charge in [0, 0.05) is 0 Å². The predicted octanol–water partition coefficient (Wildman–Crippen LogP) is 3.94. The summed E-state index contributed by atoms with van der Waals surface area (Å²) in [5.74, 6) is 0. The Morgan fingerprint density at radius 2 is 1.76 bits per heavy atom. The Labute approximate surface area is 101 Å². The smallest absolute Gasteiger partial charge is 0.211 e. The van der Waals surface area contributed by atoms with Crippen LogP contribution in [0.5, 0.6) is 0 Å². The molecule has 0 aliphatic heterocycles. The molecule has 0 atom stereocenters. The predicted molar refractivity (Wildman–Crippen MR) is 69.1 cm³/mol. The van der Waals surface area contributed by atoms with E-state index in [1.807, 2.05) is 31.2 Å². The molecule has 84 valence electrons. The van der Waals surface area contributed by atoms with Crippen LogP contribution in [0.1, 0.15) is 11.1 Å². The lowest BCUT2D eigenvalue weighted by atomic mass is 10.0. The molecule has 0 spiro atoms. The molecule has 0 heterocycles. The van der Waals surface area contributed by atoms with E-state index < -0.39 is 0 Å². The van der Waals surface area contributed by atoms with E-state index in [0.29, 0.717) is 5.69 Å². The van der Waals surface area contributed by atoms with Crippen molar-refractivity contribution in [2.75, 3.05) is 0 Å². The Morgan fingerprint density at radius 3 is 2.41 bits per heavy atom. The molecule has 0 aliphatic carbocycles. The number of nitrogens with zero attached hydrogens (tertiary/aromatic N) is 1. The van der Waals surface area contributed by atoms with Gasteiger partial charge in [-0.15, -0.1) is 0 Å². The number of rotatable bonds is 2. The molecule has 0 fully saturated rings. The van der Waals surface area contributed by atoms with Gasteiger partial charge in [0.25, 0.3) is 0 Å². The van der Waals surface area contributed by atoms with Crippen molar-refractivity contribution in [2.45, 2.75) is 13.8 Å². The van der Waals surface area contributed by atoms with E-state index in [9.17, 15) is 4.79 Å². The largest absolute Gasteiger partial charge is 0.240 e. The topological polar surface area (TPSA) is 29.4 Å². The lowest BCUT2D eigenvalue weighted by Crippen LogP contribution is -1.81. The monoisotopic (exact) mass is 223 g/mol. The molecule has 0 amide bonds. The van der Waals surface area contributed by atoms with Gasteiger partial charge in [-0.1, -0.05) is 35.9 Å². The Kier molecular flexibility index (Phi) is 3.17. The zero-order valence-corrected chi connectivity index (χ0v) is 9.90. The molecule has 0 N–H and O–H groups in total. The molecule has 0 saturated carbocycles. The van der Waals surface area contributed by atoms with Crippen molar-refractivity contribution in [3.63, 3.8) is 0 Å². The Morgan fingerprint density at radius 1 is 1.00 bits per heavy atom. The molecule has 2 aromatic rings. The summed E-state index contributed by atoms with van der Waals surface area (Å²) in [5.41, 5.74) is 5.20. The first-order chi connectivity index (χ1) is 8.20. The van der Waals surface area contributed by atoms with Crippen LogP contribution in [0.15, 0.2) is 47.5 Å². The van der Waals surface area contributed by atoms with Crippen LogP contribution in [0.3, 0.4) is 0 Å². The van der Waals surface area contributed by atoms with E-state index >= 15 is 0 Å². The third kappa shape index (κ3) is 2.49. The molecular weight excluding hydrogens is 210 g/mol. The average molecular weight is 223 g/mol. The van der Waals surface area contributed by atoms with E-state index in [2.05, 4.69) is 30.1 Å². The van der Waals surface area contributed by atoms with Crippen LogP contribution < -0.4 is 0 Å². The van der Waals surface area contributed by atoms with E-state index in [4.69, 9.17) is 0 Å². The van der Waals surface area contributed by atoms with E-state index in [0.717, 1.165) is 11.1 Å². The molecule has 17 heavy (non-hydrogen) atoms. The third-order valence-electron chi connectivity index (χ3n) is 2.71. The third-order valence-corrected chi connectivity index (χ3v) is 2.71. The van der Waals surface area contributed by atoms with Crippen molar-refractivity contribution in [2.24, 2.45) is 4.99 Å². The highest BCUT2D eigenvalue weighted by Gasteiger charge is 2.01. The van der Waals surface area contributed by atoms with Gasteiger partial charge in [-0.2, -0.15) is 4.99 Å². The summed E-state index contributed by atoms with van der Waals surface area (Å²) < 4.78 is 0. The number of hydrogen-bond donors (Lipinski definition) is 0. The van der Waals surface area contributed by atoms with Gasteiger partial charge < -0.3 is 0 Å².